The standard InChI is InChI=1S/C16H16N2O4S/c1-6-12-7-14(18-9-10(2)17-11(18)3)15(23(5,20)21)8-13(12)16(19)22-4/h1,7-9H,2-5H3. The molecule has 0 amide bonds. The molecule has 0 aliphatic carbocycles. The molecule has 0 saturated carbocycles. The molecule has 0 fully saturated rings. The van der Waals surface area contributed by atoms with Crippen LogP contribution in [0, 0.1) is 26.2 Å². The number of terminal acetylenes is 1. The maximum Gasteiger partial charge on any atom is 0.339 e. The lowest BCUT2D eigenvalue weighted by molar-refractivity contribution is 0.0600. The Morgan fingerprint density at radius 3 is 2.43 bits per heavy atom. The summed E-state index contributed by atoms with van der Waals surface area (Å²) in [5.74, 6) is 2.32. The second-order valence-corrected chi connectivity index (χ2v) is 7.06. The number of hydrogen-bond donors (Lipinski definition) is 0. The number of carbonyl (C=O) groups excluding carboxylic acids is 1. The van der Waals surface area contributed by atoms with Gasteiger partial charge < -0.3 is 9.30 Å². The van der Waals surface area contributed by atoms with Crippen LogP contribution in [0.25, 0.3) is 5.69 Å². The highest BCUT2D eigenvalue weighted by Crippen LogP contribution is 2.26. The second-order valence-electron chi connectivity index (χ2n) is 5.07. The first kappa shape index (κ1) is 16.8. The maximum atomic E-state index is 12.2. The van der Waals surface area contributed by atoms with Gasteiger partial charge in [-0.1, -0.05) is 5.92 Å². The van der Waals surface area contributed by atoms with E-state index in [1.165, 1.54) is 19.2 Å². The summed E-state index contributed by atoms with van der Waals surface area (Å²) in [5, 5.41) is 0. The van der Waals surface area contributed by atoms with Crippen LogP contribution >= 0.6 is 0 Å². The van der Waals surface area contributed by atoms with E-state index in [0.717, 1.165) is 11.9 Å². The topological polar surface area (TPSA) is 78.3 Å². The van der Waals surface area contributed by atoms with E-state index in [2.05, 4.69) is 15.6 Å². The van der Waals surface area contributed by atoms with Crippen LogP contribution < -0.4 is 0 Å². The zero-order valence-corrected chi connectivity index (χ0v) is 14.1. The Hall–Kier alpha value is -2.59. The van der Waals surface area contributed by atoms with Crippen LogP contribution in [0.15, 0.2) is 23.2 Å². The van der Waals surface area contributed by atoms with Crippen LogP contribution in [0.3, 0.4) is 0 Å². The summed E-state index contributed by atoms with van der Waals surface area (Å²) in [6.45, 7) is 3.55. The molecule has 1 aromatic heterocycles. The first-order valence-corrected chi connectivity index (χ1v) is 8.54. The van der Waals surface area contributed by atoms with E-state index in [0.29, 0.717) is 11.5 Å². The van der Waals surface area contributed by atoms with E-state index < -0.39 is 15.8 Å². The Morgan fingerprint density at radius 1 is 1.35 bits per heavy atom. The number of sulfone groups is 1. The van der Waals surface area contributed by atoms with Crippen molar-refractivity contribution in [2.45, 2.75) is 18.7 Å². The number of ether oxygens (including phenoxy) is 1. The molecule has 0 N–H and O–H groups in total. The van der Waals surface area contributed by atoms with Crippen molar-refractivity contribution >= 4 is 15.8 Å². The molecule has 2 rings (SSSR count). The van der Waals surface area contributed by atoms with E-state index in [1.807, 2.05) is 0 Å². The van der Waals surface area contributed by atoms with Gasteiger partial charge in [0.25, 0.3) is 0 Å². The molecule has 0 aliphatic heterocycles. The van der Waals surface area contributed by atoms with Crippen LogP contribution in [0.4, 0.5) is 0 Å². The number of benzene rings is 1. The predicted octanol–water partition coefficient (Wildman–Crippen LogP) is 1.66. The van der Waals surface area contributed by atoms with Gasteiger partial charge in [0.15, 0.2) is 9.84 Å². The van der Waals surface area contributed by atoms with Gasteiger partial charge >= 0.3 is 5.97 Å². The number of esters is 1. The fourth-order valence-electron chi connectivity index (χ4n) is 2.31. The lowest BCUT2D eigenvalue weighted by atomic mass is 10.1. The summed E-state index contributed by atoms with van der Waals surface area (Å²) in [6, 6.07) is 2.73. The van der Waals surface area contributed by atoms with Crippen molar-refractivity contribution in [1.29, 1.82) is 0 Å². The SMILES string of the molecule is C#Cc1cc(-n2cc(C)nc2C)c(S(C)(=O)=O)cc1C(=O)OC. The summed E-state index contributed by atoms with van der Waals surface area (Å²) in [5.41, 5.74) is 1.38. The first-order chi connectivity index (χ1) is 10.7. The molecule has 0 bridgehead atoms. The Bertz CT molecular complexity index is 934. The minimum atomic E-state index is -3.60. The number of methoxy groups -OCH3 is 1. The van der Waals surface area contributed by atoms with Crippen molar-refractivity contribution in [3.05, 3.63) is 41.0 Å². The largest absolute Gasteiger partial charge is 0.465 e. The highest BCUT2D eigenvalue weighted by atomic mass is 32.2. The van der Waals surface area contributed by atoms with E-state index in [4.69, 9.17) is 6.42 Å². The van der Waals surface area contributed by atoms with Gasteiger partial charge in [0.1, 0.15) is 5.82 Å². The Balaban J connectivity index is 2.89. The number of hydrogen-bond acceptors (Lipinski definition) is 5. The van der Waals surface area contributed by atoms with Crippen LogP contribution in [-0.2, 0) is 14.6 Å². The van der Waals surface area contributed by atoms with Gasteiger partial charge in [-0.25, -0.2) is 18.2 Å². The zero-order valence-electron chi connectivity index (χ0n) is 13.2. The first-order valence-electron chi connectivity index (χ1n) is 6.65. The van der Waals surface area contributed by atoms with Crippen LogP contribution in [0.1, 0.15) is 27.4 Å². The molecule has 1 aromatic carbocycles. The maximum absolute atomic E-state index is 12.2. The summed E-state index contributed by atoms with van der Waals surface area (Å²) in [7, 11) is -2.39. The van der Waals surface area contributed by atoms with E-state index in [1.54, 1.807) is 24.6 Å². The van der Waals surface area contributed by atoms with Crippen molar-refractivity contribution in [1.82, 2.24) is 9.55 Å². The summed E-state index contributed by atoms with van der Waals surface area (Å²) in [6.07, 6.45) is 8.24. The lowest BCUT2D eigenvalue weighted by Crippen LogP contribution is -2.11. The minimum absolute atomic E-state index is 0.0163. The normalized spacial score (nSPS) is 11.1. The van der Waals surface area contributed by atoms with Gasteiger partial charge in [0.2, 0.25) is 0 Å². The van der Waals surface area contributed by atoms with Gasteiger partial charge in [-0.3, -0.25) is 0 Å². The molecular formula is C16H16N2O4S. The van der Waals surface area contributed by atoms with E-state index >= 15 is 0 Å². The van der Waals surface area contributed by atoms with E-state index in [-0.39, 0.29) is 16.0 Å². The molecule has 0 atom stereocenters. The molecule has 0 unspecified atom stereocenters. The van der Waals surface area contributed by atoms with Crippen molar-refractivity contribution in [3.63, 3.8) is 0 Å². The number of nitrogens with zero attached hydrogens (tertiary/aromatic N) is 2. The van der Waals surface area contributed by atoms with Gasteiger partial charge in [0, 0.05) is 18.0 Å². The highest BCUT2D eigenvalue weighted by molar-refractivity contribution is 7.90. The number of carbonyl (C=O) groups is 1. The third-order valence-corrected chi connectivity index (χ3v) is 4.45. The quantitative estimate of drug-likeness (QED) is 0.631. The van der Waals surface area contributed by atoms with Crippen LogP contribution in [-0.4, -0.2) is 37.3 Å². The predicted molar refractivity (Wildman–Crippen MR) is 85.4 cm³/mol. The molecule has 23 heavy (non-hydrogen) atoms. The Morgan fingerprint density at radius 2 is 2.00 bits per heavy atom. The van der Waals surface area contributed by atoms with Crippen molar-refractivity contribution < 1.29 is 17.9 Å². The fraction of sp³-hybridized carbons (Fsp3) is 0.250. The average Bonchev–Trinajstić information content (AvgIpc) is 2.82. The number of rotatable bonds is 3. The summed E-state index contributed by atoms with van der Waals surface area (Å²) in [4.78, 5) is 16.1. The molecule has 0 spiro atoms. The molecule has 120 valence electrons. The Labute approximate surface area is 135 Å². The van der Waals surface area contributed by atoms with Gasteiger partial charge in [0.05, 0.1) is 29.0 Å². The van der Waals surface area contributed by atoms with Crippen LogP contribution in [0.2, 0.25) is 0 Å². The van der Waals surface area contributed by atoms with Gasteiger partial charge in [-0.15, -0.1) is 6.42 Å². The molecule has 0 aliphatic rings. The van der Waals surface area contributed by atoms with Gasteiger partial charge in [-0.2, -0.15) is 0 Å². The van der Waals surface area contributed by atoms with Crippen molar-refractivity contribution in [2.24, 2.45) is 0 Å². The van der Waals surface area contributed by atoms with Crippen LogP contribution in [0.5, 0.6) is 0 Å². The van der Waals surface area contributed by atoms with Gasteiger partial charge in [-0.05, 0) is 26.0 Å². The average molecular weight is 332 g/mol. The lowest BCUT2D eigenvalue weighted by Gasteiger charge is -2.14. The second kappa shape index (κ2) is 5.89. The third kappa shape index (κ3) is 3.12. The molecule has 7 heteroatoms. The molecule has 6 nitrogen and oxygen atoms in total. The zero-order chi connectivity index (χ0) is 17.4. The Kier molecular flexibility index (Phi) is 4.30. The molecule has 1 heterocycles. The van der Waals surface area contributed by atoms with Crippen molar-refractivity contribution in [3.8, 4) is 18.0 Å². The summed E-state index contributed by atoms with van der Waals surface area (Å²) < 4.78 is 30.6. The van der Waals surface area contributed by atoms with E-state index in [9.17, 15) is 13.2 Å². The molecular weight excluding hydrogens is 316 g/mol. The smallest absolute Gasteiger partial charge is 0.339 e. The van der Waals surface area contributed by atoms with Crippen molar-refractivity contribution in [2.75, 3.05) is 13.4 Å². The number of aromatic nitrogens is 2. The number of imidazole rings is 1. The molecule has 0 saturated heterocycles. The molecule has 0 radical (unpaired) electrons. The minimum Gasteiger partial charge on any atom is -0.465 e. The monoisotopic (exact) mass is 332 g/mol. The fourth-order valence-corrected chi connectivity index (χ4v) is 3.18. The number of aryl methyl sites for hydroxylation is 2. The highest BCUT2D eigenvalue weighted by Gasteiger charge is 2.22. The molecule has 2 aromatic rings. The summed E-state index contributed by atoms with van der Waals surface area (Å²) >= 11 is 0. The third-order valence-electron chi connectivity index (χ3n) is 3.32.